The van der Waals surface area contributed by atoms with Crippen LogP contribution in [0.2, 0.25) is 0 Å². The van der Waals surface area contributed by atoms with Crippen molar-refractivity contribution >= 4 is 0 Å². The van der Waals surface area contributed by atoms with Crippen molar-refractivity contribution in [2.75, 3.05) is 0 Å². The molecule has 0 radical (unpaired) electrons. The maximum absolute atomic E-state index is 2.48. The van der Waals surface area contributed by atoms with Crippen molar-refractivity contribution in [3.8, 4) is 0 Å². The largest absolute Gasteiger partial charge is 0.0555 e. The van der Waals surface area contributed by atoms with Gasteiger partial charge in [0.05, 0.1) is 0 Å². The number of hydrogen-bond acceptors (Lipinski definition) is 0. The standard InChI is InChI=1S/C18H26/c1-13-11-17(15-7-3-4-8-15)14(2)18(12-13)16-9-5-6-10-16/h11-12,15-16H,3-10H2,1-2H3. The van der Waals surface area contributed by atoms with Crippen LogP contribution in [-0.4, -0.2) is 0 Å². The summed E-state index contributed by atoms with van der Waals surface area (Å²) >= 11 is 0. The Bertz CT molecular complexity index is 381. The van der Waals surface area contributed by atoms with Crippen LogP contribution in [0.4, 0.5) is 0 Å². The minimum absolute atomic E-state index is 0.866. The zero-order valence-corrected chi connectivity index (χ0v) is 12.0. The van der Waals surface area contributed by atoms with Crippen LogP contribution in [0.15, 0.2) is 12.1 Å². The van der Waals surface area contributed by atoms with Gasteiger partial charge in [0.1, 0.15) is 0 Å². The van der Waals surface area contributed by atoms with Crippen LogP contribution in [0.1, 0.15) is 85.5 Å². The number of aryl methyl sites for hydroxylation is 1. The van der Waals surface area contributed by atoms with Gasteiger partial charge in [0, 0.05) is 0 Å². The summed E-state index contributed by atoms with van der Waals surface area (Å²) in [5.74, 6) is 1.73. The Balaban J connectivity index is 1.98. The fourth-order valence-electron chi connectivity index (χ4n) is 4.24. The van der Waals surface area contributed by atoms with Gasteiger partial charge in [-0.15, -0.1) is 0 Å². The zero-order chi connectivity index (χ0) is 12.5. The molecule has 0 atom stereocenters. The first-order valence-corrected chi connectivity index (χ1v) is 7.87. The van der Waals surface area contributed by atoms with E-state index >= 15 is 0 Å². The van der Waals surface area contributed by atoms with E-state index in [2.05, 4.69) is 26.0 Å². The smallest absolute Gasteiger partial charge is 0.0159 e. The molecule has 0 unspecified atom stereocenters. The summed E-state index contributed by atoms with van der Waals surface area (Å²) in [4.78, 5) is 0. The molecule has 1 aromatic rings. The van der Waals surface area contributed by atoms with Crippen molar-refractivity contribution in [3.05, 3.63) is 34.4 Å². The van der Waals surface area contributed by atoms with E-state index in [1.165, 1.54) is 56.9 Å². The Morgan fingerprint density at radius 2 is 1.11 bits per heavy atom. The van der Waals surface area contributed by atoms with Gasteiger partial charge in [-0.05, 0) is 68.1 Å². The minimum Gasteiger partial charge on any atom is -0.0555 e. The van der Waals surface area contributed by atoms with Gasteiger partial charge in [0.2, 0.25) is 0 Å². The van der Waals surface area contributed by atoms with Gasteiger partial charge in [0.25, 0.3) is 0 Å². The summed E-state index contributed by atoms with van der Waals surface area (Å²) in [6, 6.07) is 4.95. The van der Waals surface area contributed by atoms with Crippen LogP contribution in [0.5, 0.6) is 0 Å². The molecule has 3 rings (SSSR count). The molecule has 98 valence electrons. The van der Waals surface area contributed by atoms with Crippen molar-refractivity contribution in [2.24, 2.45) is 0 Å². The van der Waals surface area contributed by atoms with E-state index in [1.54, 1.807) is 16.7 Å². The molecule has 0 aliphatic heterocycles. The highest BCUT2D eigenvalue weighted by atomic mass is 14.3. The average molecular weight is 242 g/mol. The maximum atomic E-state index is 2.48. The van der Waals surface area contributed by atoms with Crippen LogP contribution >= 0.6 is 0 Å². The Hall–Kier alpha value is -0.780. The quantitative estimate of drug-likeness (QED) is 0.631. The molecule has 0 heteroatoms. The summed E-state index contributed by atoms with van der Waals surface area (Å²) in [7, 11) is 0. The lowest BCUT2D eigenvalue weighted by Gasteiger charge is -2.21. The highest BCUT2D eigenvalue weighted by Crippen LogP contribution is 2.41. The van der Waals surface area contributed by atoms with E-state index in [4.69, 9.17) is 0 Å². The van der Waals surface area contributed by atoms with Gasteiger partial charge in [-0.1, -0.05) is 43.4 Å². The highest BCUT2D eigenvalue weighted by molar-refractivity contribution is 5.42. The summed E-state index contributed by atoms with van der Waals surface area (Å²) in [5.41, 5.74) is 6.51. The Labute approximate surface area is 112 Å². The lowest BCUT2D eigenvalue weighted by molar-refractivity contribution is 0.689. The lowest BCUT2D eigenvalue weighted by Crippen LogP contribution is -2.04. The van der Waals surface area contributed by atoms with Crippen molar-refractivity contribution in [2.45, 2.75) is 77.0 Å². The molecule has 0 aromatic heterocycles. The molecule has 2 saturated carbocycles. The minimum atomic E-state index is 0.866. The molecule has 2 aliphatic carbocycles. The van der Waals surface area contributed by atoms with Gasteiger partial charge >= 0.3 is 0 Å². The van der Waals surface area contributed by atoms with Crippen molar-refractivity contribution in [1.29, 1.82) is 0 Å². The van der Waals surface area contributed by atoms with Crippen molar-refractivity contribution in [3.63, 3.8) is 0 Å². The number of benzene rings is 1. The highest BCUT2D eigenvalue weighted by Gasteiger charge is 2.24. The van der Waals surface area contributed by atoms with E-state index in [9.17, 15) is 0 Å². The predicted octanol–water partition coefficient (Wildman–Crippen LogP) is 5.62. The summed E-state index contributed by atoms with van der Waals surface area (Å²) in [5, 5.41) is 0. The second-order valence-electron chi connectivity index (χ2n) is 6.53. The van der Waals surface area contributed by atoms with Crippen LogP contribution in [0.25, 0.3) is 0 Å². The van der Waals surface area contributed by atoms with E-state index in [-0.39, 0.29) is 0 Å². The molecule has 0 nitrogen and oxygen atoms in total. The molecule has 0 N–H and O–H groups in total. The first-order chi connectivity index (χ1) is 8.75. The molecule has 2 aliphatic rings. The number of hydrogen-bond donors (Lipinski definition) is 0. The lowest BCUT2D eigenvalue weighted by atomic mass is 9.84. The van der Waals surface area contributed by atoms with Gasteiger partial charge in [-0.25, -0.2) is 0 Å². The third-order valence-electron chi connectivity index (χ3n) is 5.22. The maximum Gasteiger partial charge on any atom is -0.0159 e. The summed E-state index contributed by atoms with van der Waals surface area (Å²) < 4.78 is 0. The fourth-order valence-corrected chi connectivity index (χ4v) is 4.24. The first-order valence-electron chi connectivity index (χ1n) is 7.87. The molecule has 0 bridgehead atoms. The summed E-state index contributed by atoms with van der Waals surface area (Å²) in [6.07, 6.45) is 11.5. The van der Waals surface area contributed by atoms with E-state index in [1.807, 2.05) is 0 Å². The molecule has 2 fully saturated rings. The molecule has 1 aromatic carbocycles. The molecular weight excluding hydrogens is 216 g/mol. The Morgan fingerprint density at radius 1 is 0.722 bits per heavy atom. The third kappa shape index (κ3) is 2.22. The van der Waals surface area contributed by atoms with E-state index < -0.39 is 0 Å². The van der Waals surface area contributed by atoms with Crippen LogP contribution in [0.3, 0.4) is 0 Å². The molecular formula is C18H26. The molecule has 0 amide bonds. The molecule has 0 saturated heterocycles. The average Bonchev–Trinajstić information content (AvgIpc) is 3.02. The topological polar surface area (TPSA) is 0 Å². The monoisotopic (exact) mass is 242 g/mol. The van der Waals surface area contributed by atoms with Crippen molar-refractivity contribution < 1.29 is 0 Å². The van der Waals surface area contributed by atoms with E-state index in [0.717, 1.165) is 11.8 Å². The fraction of sp³-hybridized carbons (Fsp3) is 0.667. The SMILES string of the molecule is Cc1cc(C2CCCC2)c(C)c(C2CCCC2)c1. The van der Waals surface area contributed by atoms with Crippen LogP contribution in [0, 0.1) is 13.8 Å². The Kier molecular flexibility index (Phi) is 3.46. The predicted molar refractivity (Wildman–Crippen MR) is 78.3 cm³/mol. The normalized spacial score (nSPS) is 21.9. The Morgan fingerprint density at radius 3 is 1.50 bits per heavy atom. The summed E-state index contributed by atoms with van der Waals surface area (Å²) in [6.45, 7) is 4.68. The molecule has 0 spiro atoms. The first kappa shape index (κ1) is 12.3. The van der Waals surface area contributed by atoms with E-state index in [0.29, 0.717) is 0 Å². The molecule has 18 heavy (non-hydrogen) atoms. The zero-order valence-electron chi connectivity index (χ0n) is 12.0. The number of rotatable bonds is 2. The van der Waals surface area contributed by atoms with Gasteiger partial charge in [0.15, 0.2) is 0 Å². The third-order valence-corrected chi connectivity index (χ3v) is 5.22. The van der Waals surface area contributed by atoms with Crippen molar-refractivity contribution in [1.82, 2.24) is 0 Å². The second-order valence-corrected chi connectivity index (χ2v) is 6.53. The van der Waals surface area contributed by atoms with Crippen LogP contribution in [-0.2, 0) is 0 Å². The second kappa shape index (κ2) is 5.07. The van der Waals surface area contributed by atoms with Gasteiger partial charge in [-0.3, -0.25) is 0 Å². The molecule has 0 heterocycles. The van der Waals surface area contributed by atoms with Crippen LogP contribution < -0.4 is 0 Å². The van der Waals surface area contributed by atoms with Gasteiger partial charge < -0.3 is 0 Å². The van der Waals surface area contributed by atoms with Gasteiger partial charge in [-0.2, -0.15) is 0 Å².